The molecule has 0 saturated carbocycles. The lowest BCUT2D eigenvalue weighted by molar-refractivity contribution is 0.584. The first kappa shape index (κ1) is 22.1. The Morgan fingerprint density at radius 2 is 1.35 bits per heavy atom. The maximum atomic E-state index is 9.45. The molecule has 0 N–H and O–H groups in total. The highest BCUT2D eigenvalue weighted by atomic mass is 15.1. The molecule has 0 fully saturated rings. The van der Waals surface area contributed by atoms with Crippen LogP contribution in [0.4, 0.5) is 5.69 Å². The second-order valence-electron chi connectivity index (χ2n) is 9.19. The van der Waals surface area contributed by atoms with Crippen molar-refractivity contribution in [2.75, 3.05) is 0 Å². The topological polar surface area (TPSA) is 89.6 Å². The Hall–Kier alpha value is -5.34. The number of hydrogen-bond donors (Lipinski definition) is 0. The highest BCUT2D eigenvalue weighted by Crippen LogP contribution is 2.32. The van der Waals surface area contributed by atoms with Crippen molar-refractivity contribution in [1.29, 1.82) is 5.26 Å². The minimum absolute atomic E-state index is 0.600. The Bertz CT molecular complexity index is 1760. The lowest BCUT2D eigenvalue weighted by atomic mass is 9.86. The van der Waals surface area contributed by atoms with Crippen LogP contribution in [-0.4, -0.2) is 29.1 Å². The Labute approximate surface area is 213 Å². The summed E-state index contributed by atoms with van der Waals surface area (Å²) in [5, 5.41) is 11.2. The van der Waals surface area contributed by atoms with Crippen LogP contribution in [0.25, 0.3) is 38.3 Å². The van der Waals surface area contributed by atoms with E-state index in [1.807, 2.05) is 77.8 Å². The second-order valence-corrected chi connectivity index (χ2v) is 9.19. The molecule has 4 heterocycles. The molecule has 8 nitrogen and oxygen atoms in total. The molecule has 4 aromatic heterocycles. The lowest BCUT2D eigenvalue weighted by Gasteiger charge is -2.24. The number of nitriles is 1. The summed E-state index contributed by atoms with van der Waals surface area (Å²) in [6.45, 7) is 11.5. The summed E-state index contributed by atoms with van der Waals surface area (Å²) in [5.74, 6) is 1.31. The quantitative estimate of drug-likeness (QED) is 0.293. The largest absolute Gasteiger partial charge is 0.301 e. The van der Waals surface area contributed by atoms with E-state index < -0.39 is 5.41 Å². The first-order valence-electron chi connectivity index (χ1n) is 11.6. The van der Waals surface area contributed by atoms with Crippen LogP contribution in [-0.2, 0) is 5.41 Å². The smallest absolute Gasteiger partial charge is 0.196 e. The summed E-state index contributed by atoms with van der Waals surface area (Å²) in [6.07, 6.45) is 10.7. The van der Waals surface area contributed by atoms with Crippen LogP contribution in [0.15, 0.2) is 85.7 Å². The maximum Gasteiger partial charge on any atom is 0.196 e. The van der Waals surface area contributed by atoms with Gasteiger partial charge in [0, 0.05) is 41.1 Å². The fourth-order valence-corrected chi connectivity index (χ4v) is 4.59. The van der Waals surface area contributed by atoms with Gasteiger partial charge in [0.05, 0.1) is 52.9 Å². The first-order chi connectivity index (χ1) is 18.0. The van der Waals surface area contributed by atoms with Gasteiger partial charge in [0.2, 0.25) is 0 Å². The predicted octanol–water partition coefficient (Wildman–Crippen LogP) is 5.90. The van der Waals surface area contributed by atoms with Gasteiger partial charge in [0.25, 0.3) is 0 Å². The predicted molar refractivity (Wildman–Crippen MR) is 141 cm³/mol. The van der Waals surface area contributed by atoms with Crippen molar-refractivity contribution in [1.82, 2.24) is 29.1 Å². The lowest BCUT2D eigenvalue weighted by Crippen LogP contribution is -2.24. The average Bonchev–Trinajstić information content (AvgIpc) is 3.58. The number of benzene rings is 2. The van der Waals surface area contributed by atoms with Gasteiger partial charge in [0.1, 0.15) is 0 Å². The summed E-state index contributed by atoms with van der Waals surface area (Å²) in [5.41, 5.74) is 3.89. The molecule has 6 aromatic rings. The van der Waals surface area contributed by atoms with E-state index in [-0.39, 0.29) is 0 Å². The summed E-state index contributed by atoms with van der Waals surface area (Å²) >= 11 is 0. The van der Waals surface area contributed by atoms with Crippen LogP contribution in [0.1, 0.15) is 30.8 Å². The van der Waals surface area contributed by atoms with Crippen molar-refractivity contribution in [3.63, 3.8) is 0 Å². The minimum atomic E-state index is -0.600. The van der Waals surface area contributed by atoms with Gasteiger partial charge in [-0.2, -0.15) is 5.26 Å². The van der Waals surface area contributed by atoms with E-state index in [1.165, 1.54) is 0 Å². The third kappa shape index (κ3) is 3.51. The second kappa shape index (κ2) is 8.40. The molecule has 0 saturated heterocycles. The zero-order chi connectivity index (χ0) is 25.6. The molecule has 0 atom stereocenters. The van der Waals surface area contributed by atoms with E-state index in [0.29, 0.717) is 22.9 Å². The maximum absolute atomic E-state index is 9.45. The zero-order valence-corrected chi connectivity index (χ0v) is 20.2. The van der Waals surface area contributed by atoms with Crippen LogP contribution >= 0.6 is 0 Å². The zero-order valence-electron chi connectivity index (χ0n) is 20.2. The highest BCUT2D eigenvalue weighted by Gasteiger charge is 2.28. The normalized spacial score (nSPS) is 11.5. The van der Waals surface area contributed by atoms with Crippen molar-refractivity contribution < 1.29 is 0 Å². The number of nitrogens with zero attached hydrogens (tertiary/aromatic N) is 8. The molecule has 0 bridgehead atoms. The van der Waals surface area contributed by atoms with Crippen molar-refractivity contribution in [3.8, 4) is 17.7 Å². The fraction of sp³-hybridized carbons (Fsp3) is 0.103. The molecular weight excluding hydrogens is 460 g/mol. The highest BCUT2D eigenvalue weighted by molar-refractivity contribution is 5.93. The molecule has 0 amide bonds. The van der Waals surface area contributed by atoms with Gasteiger partial charge in [0.15, 0.2) is 17.3 Å². The molecule has 8 heteroatoms. The molecule has 6 rings (SSSR count). The van der Waals surface area contributed by atoms with E-state index in [2.05, 4.69) is 20.9 Å². The monoisotopic (exact) mass is 480 g/mol. The summed E-state index contributed by atoms with van der Waals surface area (Å²) in [4.78, 5) is 22.5. The van der Waals surface area contributed by atoms with E-state index in [0.717, 1.165) is 33.2 Å². The molecule has 0 radical (unpaired) electrons. The van der Waals surface area contributed by atoms with Crippen LogP contribution in [0.2, 0.25) is 0 Å². The third-order valence-corrected chi connectivity index (χ3v) is 6.70. The Morgan fingerprint density at radius 1 is 0.784 bits per heavy atom. The van der Waals surface area contributed by atoms with E-state index in [4.69, 9.17) is 16.5 Å². The van der Waals surface area contributed by atoms with Crippen molar-refractivity contribution in [2.24, 2.45) is 0 Å². The number of aromatic nitrogens is 6. The summed E-state index contributed by atoms with van der Waals surface area (Å²) < 4.78 is 3.88. The van der Waals surface area contributed by atoms with Crippen molar-refractivity contribution in [3.05, 3.63) is 114 Å². The number of hydrogen-bond acceptors (Lipinski definition) is 5. The van der Waals surface area contributed by atoms with Gasteiger partial charge in [-0.1, -0.05) is 18.2 Å². The van der Waals surface area contributed by atoms with Crippen molar-refractivity contribution >= 4 is 27.5 Å². The first-order valence-corrected chi connectivity index (χ1v) is 11.6. The molecular formula is C29H20N8. The van der Waals surface area contributed by atoms with Crippen molar-refractivity contribution in [2.45, 2.75) is 19.3 Å². The Morgan fingerprint density at radius 3 is 1.95 bits per heavy atom. The molecule has 37 heavy (non-hydrogen) atoms. The molecule has 0 spiro atoms. The minimum Gasteiger partial charge on any atom is -0.301 e. The number of rotatable bonds is 4. The molecule has 0 aliphatic carbocycles. The average molecular weight is 481 g/mol. The van der Waals surface area contributed by atoms with Crippen LogP contribution in [0.5, 0.6) is 0 Å². The standard InChI is InChI=1S/C29H20N8/c1-29(2,25-15-32-17-27(34-25)36-12-10-20-19(14-30)6-4-8-23(20)36)26-16-33-18-28(35-26)37-13-11-21-22(31-3)7-5-9-24(21)37/h4-13,15-18H,1-2H3. The van der Waals surface area contributed by atoms with Gasteiger partial charge < -0.3 is 4.57 Å². The molecule has 2 aromatic carbocycles. The van der Waals surface area contributed by atoms with E-state index in [9.17, 15) is 5.26 Å². The van der Waals surface area contributed by atoms with Gasteiger partial charge in [-0.05, 0) is 44.2 Å². The molecule has 0 aliphatic rings. The van der Waals surface area contributed by atoms with Crippen LogP contribution in [0, 0.1) is 17.9 Å². The van der Waals surface area contributed by atoms with Crippen LogP contribution in [0.3, 0.4) is 0 Å². The van der Waals surface area contributed by atoms with Gasteiger partial charge >= 0.3 is 0 Å². The Kier molecular flexibility index (Phi) is 5.03. The van der Waals surface area contributed by atoms with E-state index in [1.54, 1.807) is 30.9 Å². The van der Waals surface area contributed by atoms with Gasteiger partial charge in [-0.15, -0.1) is 0 Å². The molecule has 176 valence electrons. The molecule has 0 unspecified atom stereocenters. The van der Waals surface area contributed by atoms with Crippen LogP contribution < -0.4 is 0 Å². The van der Waals surface area contributed by atoms with Gasteiger partial charge in [-0.25, -0.2) is 14.8 Å². The summed E-state index contributed by atoms with van der Waals surface area (Å²) in [6, 6.07) is 17.4. The third-order valence-electron chi connectivity index (χ3n) is 6.70. The van der Waals surface area contributed by atoms with Gasteiger partial charge in [-0.3, -0.25) is 14.5 Å². The number of fused-ring (bicyclic) bond motifs is 2. The molecule has 0 aliphatic heterocycles. The Balaban J connectivity index is 1.42. The summed E-state index contributed by atoms with van der Waals surface area (Å²) in [7, 11) is 0. The fourth-order valence-electron chi connectivity index (χ4n) is 4.59. The van der Waals surface area contributed by atoms with E-state index >= 15 is 0 Å². The SMILES string of the molecule is [C-]#[N+]c1cccc2c1ccn2-c1cncc(C(C)(C)c2cncc(-n3ccc4c(C#N)cccc43)n2)n1.